The number of para-hydroxylation sites is 1. The summed E-state index contributed by atoms with van der Waals surface area (Å²) in [6.45, 7) is 1.98. The van der Waals surface area contributed by atoms with E-state index in [1.807, 2.05) is 60.7 Å². The molecular weight excluding hydrogens is 312 g/mol. The molecule has 0 unspecified atom stereocenters. The van der Waals surface area contributed by atoms with Crippen LogP contribution < -0.4 is 21.5 Å². The van der Waals surface area contributed by atoms with E-state index >= 15 is 0 Å². The van der Waals surface area contributed by atoms with Crippen LogP contribution in [-0.2, 0) is 0 Å². The highest BCUT2D eigenvalue weighted by atomic mass is 15.3. The molecular formula is C19H20N6. The molecule has 1 aromatic heterocycles. The molecule has 0 amide bonds. The molecule has 1 aliphatic rings. The zero-order valence-electron chi connectivity index (χ0n) is 13.8. The molecule has 126 valence electrons. The van der Waals surface area contributed by atoms with Gasteiger partial charge in [0.05, 0.1) is 5.56 Å². The molecule has 4 N–H and O–H groups in total. The van der Waals surface area contributed by atoms with Crippen molar-refractivity contribution in [2.24, 2.45) is 5.84 Å². The second-order valence-electron chi connectivity index (χ2n) is 5.94. The highest BCUT2D eigenvalue weighted by Gasteiger charge is 2.24. The molecule has 6 heteroatoms. The van der Waals surface area contributed by atoms with Crippen LogP contribution in [0.1, 0.15) is 6.42 Å². The molecule has 2 aromatic carbocycles. The fourth-order valence-electron chi connectivity index (χ4n) is 2.89. The fourth-order valence-corrected chi connectivity index (χ4v) is 2.89. The topological polar surface area (TPSA) is 79.1 Å². The van der Waals surface area contributed by atoms with Gasteiger partial charge in [0.15, 0.2) is 5.82 Å². The van der Waals surface area contributed by atoms with E-state index in [0.29, 0.717) is 11.8 Å². The van der Waals surface area contributed by atoms with Crippen molar-refractivity contribution < 1.29 is 0 Å². The first-order chi connectivity index (χ1) is 12.3. The van der Waals surface area contributed by atoms with Gasteiger partial charge in [-0.3, -0.25) is 0 Å². The van der Waals surface area contributed by atoms with E-state index in [2.05, 4.69) is 20.6 Å². The number of nitrogen functional groups attached to an aromatic ring is 1. The summed E-state index contributed by atoms with van der Waals surface area (Å²) in [4.78, 5) is 11.6. The maximum Gasteiger partial charge on any atom is 0.231 e. The number of hydrogen-bond donors (Lipinski definition) is 3. The molecule has 4 rings (SSSR count). The molecule has 2 heterocycles. The Kier molecular flexibility index (Phi) is 4.18. The van der Waals surface area contributed by atoms with Gasteiger partial charge >= 0.3 is 0 Å². The fraction of sp³-hybridized carbons (Fsp3) is 0.158. The van der Waals surface area contributed by atoms with Crippen LogP contribution in [0.2, 0.25) is 0 Å². The molecule has 0 spiro atoms. The van der Waals surface area contributed by atoms with Crippen molar-refractivity contribution in [3.63, 3.8) is 0 Å². The van der Waals surface area contributed by atoms with Gasteiger partial charge in [0.1, 0.15) is 5.82 Å². The summed E-state index contributed by atoms with van der Waals surface area (Å²) < 4.78 is 0. The Labute approximate surface area is 146 Å². The summed E-state index contributed by atoms with van der Waals surface area (Å²) in [5, 5.41) is 3.26. The van der Waals surface area contributed by atoms with Crippen LogP contribution in [0, 0.1) is 0 Å². The summed E-state index contributed by atoms with van der Waals surface area (Å²) in [5.41, 5.74) is 5.66. The number of nitrogens with zero attached hydrogens (tertiary/aromatic N) is 3. The van der Waals surface area contributed by atoms with Crippen molar-refractivity contribution >= 4 is 23.3 Å². The maximum absolute atomic E-state index is 5.79. The minimum absolute atomic E-state index is 0.528. The third-order valence-electron chi connectivity index (χ3n) is 4.27. The number of aromatic nitrogens is 2. The molecule has 25 heavy (non-hydrogen) atoms. The lowest BCUT2D eigenvalue weighted by Gasteiger charge is -2.34. The minimum Gasteiger partial charge on any atom is -0.356 e. The minimum atomic E-state index is 0.528. The monoisotopic (exact) mass is 332 g/mol. The zero-order valence-corrected chi connectivity index (χ0v) is 13.8. The van der Waals surface area contributed by atoms with Crippen molar-refractivity contribution in [3.8, 4) is 11.1 Å². The van der Waals surface area contributed by atoms with E-state index in [-0.39, 0.29) is 0 Å². The Balaban J connectivity index is 1.81. The standard InChI is InChI=1S/C19H20N6/c20-24-17-16(14-8-3-1-4-9-14)18(25-12-7-13-25)23-19(22-17)21-15-10-5-2-6-11-15/h1-6,8-11H,7,12-13,20H2,(H2,21,22,23,24). The van der Waals surface area contributed by atoms with E-state index in [1.165, 1.54) is 6.42 Å². The third-order valence-corrected chi connectivity index (χ3v) is 4.27. The van der Waals surface area contributed by atoms with Crippen molar-refractivity contribution in [3.05, 3.63) is 60.7 Å². The Bertz CT molecular complexity index is 847. The molecule has 0 saturated carbocycles. The van der Waals surface area contributed by atoms with Crippen molar-refractivity contribution in [1.82, 2.24) is 9.97 Å². The third kappa shape index (κ3) is 3.12. The van der Waals surface area contributed by atoms with Crippen LogP contribution in [0.5, 0.6) is 0 Å². The second-order valence-corrected chi connectivity index (χ2v) is 5.94. The van der Waals surface area contributed by atoms with Gasteiger partial charge in [-0.15, -0.1) is 0 Å². The normalized spacial score (nSPS) is 13.2. The number of hydrazine groups is 1. The number of benzene rings is 2. The van der Waals surface area contributed by atoms with Crippen LogP contribution in [0.15, 0.2) is 60.7 Å². The first-order valence-electron chi connectivity index (χ1n) is 8.36. The van der Waals surface area contributed by atoms with Gasteiger partial charge in [-0.1, -0.05) is 48.5 Å². The van der Waals surface area contributed by atoms with Crippen LogP contribution in [-0.4, -0.2) is 23.1 Å². The SMILES string of the molecule is NNc1nc(Nc2ccccc2)nc(N2CCC2)c1-c1ccccc1. The molecule has 0 atom stereocenters. The van der Waals surface area contributed by atoms with Gasteiger partial charge in [-0.05, 0) is 24.1 Å². The summed E-state index contributed by atoms with van der Waals surface area (Å²) in [6, 6.07) is 20.0. The predicted molar refractivity (Wildman–Crippen MR) is 102 cm³/mol. The lowest BCUT2D eigenvalue weighted by molar-refractivity contribution is 0.610. The highest BCUT2D eigenvalue weighted by molar-refractivity contribution is 5.86. The molecule has 1 fully saturated rings. The average molecular weight is 332 g/mol. The molecule has 1 saturated heterocycles. The van der Waals surface area contributed by atoms with Gasteiger partial charge < -0.3 is 15.6 Å². The van der Waals surface area contributed by atoms with E-state index in [0.717, 1.165) is 35.7 Å². The number of nitrogens with two attached hydrogens (primary N) is 1. The Morgan fingerprint density at radius 3 is 2.16 bits per heavy atom. The Morgan fingerprint density at radius 2 is 1.56 bits per heavy atom. The second kappa shape index (κ2) is 6.78. The van der Waals surface area contributed by atoms with E-state index < -0.39 is 0 Å². The van der Waals surface area contributed by atoms with Gasteiger partial charge in [-0.2, -0.15) is 9.97 Å². The zero-order chi connectivity index (χ0) is 17.1. The summed E-state index contributed by atoms with van der Waals surface area (Å²) in [5.74, 6) is 7.83. The number of nitrogens with one attached hydrogen (secondary N) is 2. The number of anilines is 4. The quantitative estimate of drug-likeness (QED) is 0.491. The van der Waals surface area contributed by atoms with Crippen molar-refractivity contribution in [2.75, 3.05) is 28.7 Å². The Morgan fingerprint density at radius 1 is 0.880 bits per heavy atom. The van der Waals surface area contributed by atoms with Gasteiger partial charge in [0, 0.05) is 18.8 Å². The molecule has 6 nitrogen and oxygen atoms in total. The van der Waals surface area contributed by atoms with E-state index in [1.54, 1.807) is 0 Å². The molecule has 0 bridgehead atoms. The molecule has 1 aliphatic heterocycles. The Hall–Kier alpha value is -3.12. The summed E-state index contributed by atoms with van der Waals surface area (Å²) in [7, 11) is 0. The summed E-state index contributed by atoms with van der Waals surface area (Å²) >= 11 is 0. The van der Waals surface area contributed by atoms with Crippen molar-refractivity contribution in [1.29, 1.82) is 0 Å². The smallest absolute Gasteiger partial charge is 0.231 e. The first kappa shape index (κ1) is 15.4. The van der Waals surface area contributed by atoms with Crippen LogP contribution in [0.4, 0.5) is 23.3 Å². The highest BCUT2D eigenvalue weighted by Crippen LogP contribution is 2.37. The molecule has 0 aliphatic carbocycles. The van der Waals surface area contributed by atoms with Crippen LogP contribution >= 0.6 is 0 Å². The van der Waals surface area contributed by atoms with Gasteiger partial charge in [0.2, 0.25) is 5.95 Å². The lowest BCUT2D eigenvalue weighted by atomic mass is 10.0. The maximum atomic E-state index is 5.79. The van der Waals surface area contributed by atoms with Crippen LogP contribution in [0.3, 0.4) is 0 Å². The molecule has 0 radical (unpaired) electrons. The first-order valence-corrected chi connectivity index (χ1v) is 8.36. The van der Waals surface area contributed by atoms with Crippen LogP contribution in [0.25, 0.3) is 11.1 Å². The molecule has 3 aromatic rings. The lowest BCUT2D eigenvalue weighted by Crippen LogP contribution is -2.38. The van der Waals surface area contributed by atoms with Gasteiger partial charge in [0.25, 0.3) is 0 Å². The average Bonchev–Trinajstić information content (AvgIpc) is 2.61. The van der Waals surface area contributed by atoms with E-state index in [4.69, 9.17) is 10.8 Å². The van der Waals surface area contributed by atoms with Crippen molar-refractivity contribution in [2.45, 2.75) is 6.42 Å². The number of hydrogen-bond acceptors (Lipinski definition) is 6. The predicted octanol–water partition coefficient (Wildman–Crippen LogP) is 3.38. The van der Waals surface area contributed by atoms with E-state index in [9.17, 15) is 0 Å². The largest absolute Gasteiger partial charge is 0.356 e. The van der Waals surface area contributed by atoms with Gasteiger partial charge in [-0.25, -0.2) is 5.84 Å². The number of rotatable bonds is 5. The summed E-state index contributed by atoms with van der Waals surface area (Å²) in [6.07, 6.45) is 1.17.